The molecule has 0 aliphatic heterocycles. The van der Waals surface area contributed by atoms with Crippen molar-refractivity contribution in [3.8, 4) is 33.9 Å². The molecule has 0 saturated carbocycles. The third-order valence-electron chi connectivity index (χ3n) is 6.95. The predicted molar refractivity (Wildman–Crippen MR) is 169 cm³/mol. The van der Waals surface area contributed by atoms with E-state index in [-0.39, 0.29) is 19.0 Å². The lowest BCUT2D eigenvalue weighted by atomic mass is 9.92. The molecule has 1 amide bonds. The number of anilines is 1. The van der Waals surface area contributed by atoms with Crippen molar-refractivity contribution in [2.45, 2.75) is 39.7 Å². The topological polar surface area (TPSA) is 87.5 Å². The highest BCUT2D eigenvalue weighted by atomic mass is 16.6. The third kappa shape index (κ3) is 6.00. The highest BCUT2D eigenvalue weighted by Gasteiger charge is 2.27. The van der Waals surface area contributed by atoms with E-state index in [4.69, 9.17) is 18.9 Å². The van der Waals surface area contributed by atoms with Crippen LogP contribution in [-0.4, -0.2) is 42.9 Å². The molecular formula is C35H36N2O6. The van der Waals surface area contributed by atoms with Gasteiger partial charge in [-0.2, -0.15) is 0 Å². The van der Waals surface area contributed by atoms with E-state index in [9.17, 15) is 9.59 Å². The van der Waals surface area contributed by atoms with E-state index in [1.807, 2.05) is 83.3 Å². The molecule has 0 aliphatic rings. The highest BCUT2D eigenvalue weighted by molar-refractivity contribution is 6.17. The molecule has 1 N–H and O–H groups in total. The lowest BCUT2D eigenvalue weighted by Crippen LogP contribution is -2.27. The number of amides is 1. The lowest BCUT2D eigenvalue weighted by molar-refractivity contribution is -0.142. The zero-order valence-electron chi connectivity index (χ0n) is 25.3. The number of nitrogens with zero attached hydrogens (tertiary/aromatic N) is 1. The summed E-state index contributed by atoms with van der Waals surface area (Å²) in [6.07, 6.45) is -0.634. The fourth-order valence-electron chi connectivity index (χ4n) is 5.38. The van der Waals surface area contributed by atoms with E-state index >= 15 is 0 Å². The number of fused-ring (bicyclic) bond motifs is 3. The predicted octanol–water partition coefficient (Wildman–Crippen LogP) is 7.90. The molecule has 2 aromatic heterocycles. The van der Waals surface area contributed by atoms with E-state index in [0.29, 0.717) is 28.4 Å². The second-order valence-electron chi connectivity index (χ2n) is 11.0. The molecule has 5 aromatic rings. The van der Waals surface area contributed by atoms with Gasteiger partial charge in [0.25, 0.3) is 0 Å². The molecule has 0 unspecified atom stereocenters. The van der Waals surface area contributed by atoms with Crippen LogP contribution in [0.2, 0.25) is 0 Å². The number of rotatable bonds is 8. The zero-order valence-corrected chi connectivity index (χ0v) is 25.3. The number of carbonyl (C=O) groups excluding carboxylic acids is 2. The van der Waals surface area contributed by atoms with E-state index in [2.05, 4.69) is 5.32 Å². The minimum atomic E-state index is -0.711. The zero-order chi connectivity index (χ0) is 30.7. The number of nitrogens with one attached hydrogen (secondary N) is 1. The first-order chi connectivity index (χ1) is 20.6. The number of methoxy groups -OCH3 is 2. The van der Waals surface area contributed by atoms with Crippen molar-refractivity contribution >= 4 is 34.0 Å². The van der Waals surface area contributed by atoms with Gasteiger partial charge in [0, 0.05) is 28.1 Å². The molecule has 0 atom stereocenters. The quantitative estimate of drug-likeness (QED) is 0.188. The summed E-state index contributed by atoms with van der Waals surface area (Å²) in [6.45, 7) is 7.45. The average Bonchev–Trinajstić information content (AvgIpc) is 3.32. The number of pyridine rings is 1. The van der Waals surface area contributed by atoms with Crippen molar-refractivity contribution in [1.82, 2.24) is 4.40 Å². The standard InChI is InChI=1S/C35H36N2O6/c1-7-42-29(38)19-24-18-27(36-34(39)43-35(2,3)4)33-26-20-25(40-5)21-28(41-6)31(26)30(22-14-10-8-11-15-22)32(37(24)33)23-16-12-9-13-17-23/h8-18,20-21H,7,19H2,1-6H3,(H,36,39). The van der Waals surface area contributed by atoms with Gasteiger partial charge in [0.15, 0.2) is 0 Å². The third-order valence-corrected chi connectivity index (χ3v) is 6.95. The summed E-state index contributed by atoms with van der Waals surface area (Å²) in [6, 6.07) is 25.6. The number of carbonyl (C=O) groups is 2. The van der Waals surface area contributed by atoms with Crippen LogP contribution in [-0.2, 0) is 20.7 Å². The van der Waals surface area contributed by atoms with Gasteiger partial charge in [-0.25, -0.2) is 4.79 Å². The Morgan fingerprint density at radius 1 is 0.860 bits per heavy atom. The van der Waals surface area contributed by atoms with Crippen molar-refractivity contribution in [1.29, 1.82) is 0 Å². The largest absolute Gasteiger partial charge is 0.497 e. The van der Waals surface area contributed by atoms with Gasteiger partial charge in [-0.3, -0.25) is 10.1 Å². The Morgan fingerprint density at radius 2 is 1.51 bits per heavy atom. The molecule has 0 bridgehead atoms. The molecule has 0 saturated heterocycles. The van der Waals surface area contributed by atoms with E-state index in [1.165, 1.54) is 0 Å². The van der Waals surface area contributed by atoms with Crippen LogP contribution in [0.1, 0.15) is 33.4 Å². The summed E-state index contributed by atoms with van der Waals surface area (Å²) >= 11 is 0. The summed E-state index contributed by atoms with van der Waals surface area (Å²) in [7, 11) is 3.22. The molecular weight excluding hydrogens is 544 g/mol. The fraction of sp³-hybridized carbons (Fsp3) is 0.257. The van der Waals surface area contributed by atoms with Crippen LogP contribution >= 0.6 is 0 Å². The number of aromatic nitrogens is 1. The minimum absolute atomic E-state index is 0.0221. The molecule has 5 rings (SSSR count). The van der Waals surface area contributed by atoms with Crippen LogP contribution < -0.4 is 14.8 Å². The molecule has 3 aromatic carbocycles. The Kier molecular flexibility index (Phi) is 8.30. The highest BCUT2D eigenvalue weighted by Crippen LogP contribution is 2.48. The van der Waals surface area contributed by atoms with Crippen LogP contribution in [0.15, 0.2) is 78.9 Å². The van der Waals surface area contributed by atoms with Crippen LogP contribution in [0.4, 0.5) is 10.5 Å². The Labute approximate surface area is 251 Å². The van der Waals surface area contributed by atoms with Gasteiger partial charge in [-0.1, -0.05) is 60.7 Å². The summed E-state index contributed by atoms with van der Waals surface area (Å²) < 4.78 is 24.7. The maximum Gasteiger partial charge on any atom is 0.412 e. The van der Waals surface area contributed by atoms with Crippen molar-refractivity contribution in [2.24, 2.45) is 0 Å². The maximum absolute atomic E-state index is 13.1. The Bertz CT molecular complexity index is 1790. The normalized spacial score (nSPS) is 11.4. The van der Waals surface area contributed by atoms with Crippen LogP contribution in [0.3, 0.4) is 0 Å². The van der Waals surface area contributed by atoms with Crippen molar-refractivity contribution in [3.63, 3.8) is 0 Å². The number of benzene rings is 3. The van der Waals surface area contributed by atoms with E-state index in [1.54, 1.807) is 41.9 Å². The second-order valence-corrected chi connectivity index (χ2v) is 11.0. The number of hydrogen-bond donors (Lipinski definition) is 1. The summed E-state index contributed by atoms with van der Waals surface area (Å²) in [5.74, 6) is 0.799. The molecule has 0 fully saturated rings. The number of esters is 1. The van der Waals surface area contributed by atoms with Gasteiger partial charge in [0.05, 0.1) is 44.1 Å². The lowest BCUT2D eigenvalue weighted by Gasteiger charge is -2.22. The maximum atomic E-state index is 13.1. The van der Waals surface area contributed by atoms with E-state index in [0.717, 1.165) is 33.2 Å². The first-order valence-corrected chi connectivity index (χ1v) is 14.2. The smallest absolute Gasteiger partial charge is 0.412 e. The summed E-state index contributed by atoms with van der Waals surface area (Å²) in [5, 5.41) is 4.54. The SMILES string of the molecule is CCOC(=O)Cc1cc(NC(=O)OC(C)(C)C)c2c3cc(OC)cc(OC)c3c(-c3ccccc3)c(-c3ccccc3)n12. The summed E-state index contributed by atoms with van der Waals surface area (Å²) in [4.78, 5) is 26.1. The van der Waals surface area contributed by atoms with Gasteiger partial charge in [0.1, 0.15) is 17.1 Å². The first-order valence-electron chi connectivity index (χ1n) is 14.2. The second kappa shape index (κ2) is 12.1. The van der Waals surface area contributed by atoms with Crippen LogP contribution in [0.25, 0.3) is 38.7 Å². The number of ether oxygens (including phenoxy) is 4. The van der Waals surface area contributed by atoms with Gasteiger partial charge in [0.2, 0.25) is 0 Å². The molecule has 43 heavy (non-hydrogen) atoms. The van der Waals surface area contributed by atoms with Gasteiger partial charge < -0.3 is 23.3 Å². The minimum Gasteiger partial charge on any atom is -0.497 e. The van der Waals surface area contributed by atoms with Crippen molar-refractivity contribution < 1.29 is 28.5 Å². The van der Waals surface area contributed by atoms with Crippen LogP contribution in [0.5, 0.6) is 11.5 Å². The molecule has 0 aliphatic carbocycles. The fourth-order valence-corrected chi connectivity index (χ4v) is 5.38. The first kappa shape index (κ1) is 29.5. The molecule has 2 heterocycles. The number of hydrogen-bond acceptors (Lipinski definition) is 6. The molecule has 8 heteroatoms. The average molecular weight is 581 g/mol. The monoisotopic (exact) mass is 580 g/mol. The van der Waals surface area contributed by atoms with Gasteiger partial charge >= 0.3 is 12.1 Å². The molecule has 8 nitrogen and oxygen atoms in total. The molecule has 0 radical (unpaired) electrons. The molecule has 222 valence electrons. The van der Waals surface area contributed by atoms with Gasteiger partial charge in [-0.15, -0.1) is 0 Å². The van der Waals surface area contributed by atoms with Gasteiger partial charge in [-0.05, 0) is 51.0 Å². The van der Waals surface area contributed by atoms with E-state index < -0.39 is 11.7 Å². The Morgan fingerprint density at radius 3 is 2.09 bits per heavy atom. The van der Waals surface area contributed by atoms with Crippen molar-refractivity contribution in [2.75, 3.05) is 26.1 Å². The van der Waals surface area contributed by atoms with Crippen molar-refractivity contribution in [3.05, 3.63) is 84.6 Å². The Hall–Kier alpha value is -4.98. The Balaban J connectivity index is 2.01. The summed E-state index contributed by atoms with van der Waals surface area (Å²) in [5.41, 5.74) is 4.66. The van der Waals surface area contributed by atoms with Crippen LogP contribution in [0, 0.1) is 0 Å². The molecule has 0 spiro atoms.